The molecule has 1 N–H and O–H groups in total. The van der Waals surface area contributed by atoms with Gasteiger partial charge in [-0.05, 0) is 32.7 Å². The van der Waals surface area contributed by atoms with Crippen molar-refractivity contribution in [2.24, 2.45) is 5.92 Å². The van der Waals surface area contributed by atoms with E-state index in [0.29, 0.717) is 18.1 Å². The Bertz CT molecular complexity index is 213. The Morgan fingerprint density at radius 2 is 2.29 bits per heavy atom. The topological polar surface area (TPSA) is 33.7 Å². The third-order valence-corrected chi connectivity index (χ3v) is 3.99. The minimum atomic E-state index is 0.332. The van der Waals surface area contributed by atoms with Crippen molar-refractivity contribution in [1.29, 1.82) is 0 Å². The van der Waals surface area contributed by atoms with Crippen LogP contribution >= 0.6 is 0 Å². The van der Waals surface area contributed by atoms with Gasteiger partial charge in [0.1, 0.15) is 0 Å². The largest absolute Gasteiger partial charge is 0.381 e. The first-order chi connectivity index (χ1) is 8.27. The fourth-order valence-corrected chi connectivity index (χ4v) is 2.70. The second-order valence-corrected chi connectivity index (χ2v) is 5.38. The maximum Gasteiger partial charge on any atom is 0.0852 e. The zero-order valence-electron chi connectivity index (χ0n) is 11.2. The van der Waals surface area contributed by atoms with Crippen LogP contribution < -0.4 is 5.32 Å². The van der Waals surface area contributed by atoms with Gasteiger partial charge in [-0.1, -0.05) is 0 Å². The van der Waals surface area contributed by atoms with Crippen LogP contribution in [0.25, 0.3) is 0 Å². The van der Waals surface area contributed by atoms with Crippen molar-refractivity contribution >= 4 is 0 Å². The number of hydrogen-bond acceptors (Lipinski definition) is 4. The zero-order valence-corrected chi connectivity index (χ0v) is 11.2. The van der Waals surface area contributed by atoms with Crippen molar-refractivity contribution in [1.82, 2.24) is 10.2 Å². The highest BCUT2D eigenvalue weighted by atomic mass is 16.5. The summed E-state index contributed by atoms with van der Waals surface area (Å²) < 4.78 is 11.4. The summed E-state index contributed by atoms with van der Waals surface area (Å²) in [4.78, 5) is 2.43. The summed E-state index contributed by atoms with van der Waals surface area (Å²) in [5.74, 6) is 0.702. The first kappa shape index (κ1) is 13.3. The van der Waals surface area contributed by atoms with Gasteiger partial charge in [-0.2, -0.15) is 0 Å². The van der Waals surface area contributed by atoms with Crippen molar-refractivity contribution in [2.45, 2.75) is 31.9 Å². The molecule has 0 amide bonds. The minimum absolute atomic E-state index is 0.332. The van der Waals surface area contributed by atoms with Crippen molar-refractivity contribution < 1.29 is 9.47 Å². The van der Waals surface area contributed by atoms with E-state index in [0.717, 1.165) is 39.5 Å². The number of ether oxygens (including phenoxy) is 2. The van der Waals surface area contributed by atoms with Gasteiger partial charge in [0.2, 0.25) is 0 Å². The Hall–Kier alpha value is -0.160. The molecule has 2 saturated heterocycles. The zero-order chi connectivity index (χ0) is 12.1. The average molecular weight is 242 g/mol. The molecule has 2 aliphatic rings. The van der Waals surface area contributed by atoms with Crippen LogP contribution in [0.4, 0.5) is 0 Å². The van der Waals surface area contributed by atoms with Crippen molar-refractivity contribution in [3.8, 4) is 0 Å². The Balaban J connectivity index is 1.75. The first-order valence-electron chi connectivity index (χ1n) is 6.87. The van der Waals surface area contributed by atoms with E-state index >= 15 is 0 Å². The lowest BCUT2D eigenvalue weighted by molar-refractivity contribution is -0.0307. The number of nitrogens with one attached hydrogen (secondary N) is 1. The molecule has 0 aromatic carbocycles. The molecule has 0 radical (unpaired) electrons. The summed E-state index contributed by atoms with van der Waals surface area (Å²) in [6.45, 7) is 8.08. The van der Waals surface area contributed by atoms with E-state index in [9.17, 15) is 0 Å². The van der Waals surface area contributed by atoms with E-state index in [2.05, 4.69) is 24.2 Å². The molecule has 0 saturated carbocycles. The van der Waals surface area contributed by atoms with Crippen LogP contribution in [0.2, 0.25) is 0 Å². The van der Waals surface area contributed by atoms with E-state index in [1.807, 2.05) is 0 Å². The van der Waals surface area contributed by atoms with Crippen LogP contribution in [0, 0.1) is 5.92 Å². The summed E-state index contributed by atoms with van der Waals surface area (Å²) in [6, 6.07) is 0.477. The summed E-state index contributed by atoms with van der Waals surface area (Å²) in [5, 5.41) is 3.40. The van der Waals surface area contributed by atoms with E-state index in [4.69, 9.17) is 9.47 Å². The average Bonchev–Trinajstić information content (AvgIpc) is 2.40. The molecular weight excluding hydrogens is 216 g/mol. The predicted molar refractivity (Wildman–Crippen MR) is 68.2 cm³/mol. The smallest absolute Gasteiger partial charge is 0.0852 e. The quantitative estimate of drug-likeness (QED) is 0.788. The molecule has 4 nitrogen and oxygen atoms in total. The monoisotopic (exact) mass is 242 g/mol. The van der Waals surface area contributed by atoms with Gasteiger partial charge in [-0.3, -0.25) is 0 Å². The Morgan fingerprint density at radius 1 is 1.41 bits per heavy atom. The molecule has 4 heteroatoms. The van der Waals surface area contributed by atoms with E-state index in [1.54, 1.807) is 0 Å². The molecule has 2 fully saturated rings. The number of hydrogen-bond donors (Lipinski definition) is 1. The summed E-state index contributed by atoms with van der Waals surface area (Å²) in [5.41, 5.74) is 0. The molecule has 2 rings (SSSR count). The fourth-order valence-electron chi connectivity index (χ4n) is 2.70. The van der Waals surface area contributed by atoms with Gasteiger partial charge >= 0.3 is 0 Å². The van der Waals surface area contributed by atoms with Crippen LogP contribution in [-0.2, 0) is 9.47 Å². The van der Waals surface area contributed by atoms with Gasteiger partial charge in [0, 0.05) is 32.3 Å². The highest BCUT2D eigenvalue weighted by molar-refractivity contribution is 4.80. The standard InChI is InChI=1S/C13H26N2O2/c1-11(13-8-14-5-7-17-13)15(2)9-12-4-3-6-16-10-12/h11-14H,3-10H2,1-2H3. The van der Waals surface area contributed by atoms with Gasteiger partial charge < -0.3 is 19.7 Å². The molecule has 100 valence electrons. The molecule has 0 aromatic heterocycles. The molecule has 2 heterocycles. The van der Waals surface area contributed by atoms with E-state index < -0.39 is 0 Å². The molecule has 3 unspecified atom stereocenters. The minimum Gasteiger partial charge on any atom is -0.381 e. The van der Waals surface area contributed by atoms with Gasteiger partial charge in [-0.15, -0.1) is 0 Å². The second kappa shape index (κ2) is 6.69. The number of morpholine rings is 1. The number of likely N-dealkylation sites (N-methyl/N-ethyl adjacent to an activating group) is 1. The molecule has 0 bridgehead atoms. The molecule has 0 spiro atoms. The molecule has 0 aromatic rings. The van der Waals surface area contributed by atoms with E-state index in [1.165, 1.54) is 12.8 Å². The maximum absolute atomic E-state index is 5.81. The summed E-state index contributed by atoms with van der Waals surface area (Å²) in [7, 11) is 2.21. The lowest BCUT2D eigenvalue weighted by Gasteiger charge is -2.36. The third kappa shape index (κ3) is 3.91. The van der Waals surface area contributed by atoms with Crippen LogP contribution in [-0.4, -0.2) is 63.5 Å². The second-order valence-electron chi connectivity index (χ2n) is 5.38. The van der Waals surface area contributed by atoms with Gasteiger partial charge in [0.05, 0.1) is 19.3 Å². The maximum atomic E-state index is 5.81. The Kier molecular flexibility index (Phi) is 5.22. The number of rotatable bonds is 4. The highest BCUT2D eigenvalue weighted by Gasteiger charge is 2.26. The summed E-state index contributed by atoms with van der Waals surface area (Å²) >= 11 is 0. The van der Waals surface area contributed by atoms with Crippen molar-refractivity contribution in [3.63, 3.8) is 0 Å². The van der Waals surface area contributed by atoms with Crippen molar-refractivity contribution in [3.05, 3.63) is 0 Å². The molecule has 2 aliphatic heterocycles. The molecule has 3 atom stereocenters. The lowest BCUT2D eigenvalue weighted by Crippen LogP contribution is -2.51. The van der Waals surface area contributed by atoms with Gasteiger partial charge in [-0.25, -0.2) is 0 Å². The van der Waals surface area contributed by atoms with Crippen LogP contribution in [0.1, 0.15) is 19.8 Å². The molecule has 0 aliphatic carbocycles. The first-order valence-corrected chi connectivity index (χ1v) is 6.87. The lowest BCUT2D eigenvalue weighted by atomic mass is 10.0. The normalized spacial score (nSPS) is 32.6. The van der Waals surface area contributed by atoms with Crippen LogP contribution in [0.3, 0.4) is 0 Å². The van der Waals surface area contributed by atoms with Crippen LogP contribution in [0.15, 0.2) is 0 Å². The van der Waals surface area contributed by atoms with Crippen LogP contribution in [0.5, 0.6) is 0 Å². The summed E-state index contributed by atoms with van der Waals surface area (Å²) in [6.07, 6.45) is 2.85. The van der Waals surface area contributed by atoms with Gasteiger partial charge in [0.15, 0.2) is 0 Å². The SMILES string of the molecule is CC(C1CNCCO1)N(C)CC1CCCOC1. The van der Waals surface area contributed by atoms with Gasteiger partial charge in [0.25, 0.3) is 0 Å². The third-order valence-electron chi connectivity index (χ3n) is 3.99. The highest BCUT2D eigenvalue weighted by Crippen LogP contribution is 2.17. The predicted octanol–water partition coefficient (Wildman–Crippen LogP) is 0.722. The number of nitrogens with zero attached hydrogens (tertiary/aromatic N) is 1. The molecular formula is C13H26N2O2. The fraction of sp³-hybridized carbons (Fsp3) is 1.00. The van der Waals surface area contributed by atoms with Crippen molar-refractivity contribution in [2.75, 3.05) is 46.5 Å². The Labute approximate surface area is 105 Å². The Morgan fingerprint density at radius 3 is 2.94 bits per heavy atom. The molecule has 17 heavy (non-hydrogen) atoms. The van der Waals surface area contributed by atoms with E-state index in [-0.39, 0.29) is 0 Å².